The molecule has 2 aromatic rings. The quantitative estimate of drug-likeness (QED) is 0.879. The van der Waals surface area contributed by atoms with Crippen LogP contribution in [0.4, 0.5) is 0 Å². The van der Waals surface area contributed by atoms with E-state index in [2.05, 4.69) is 15.0 Å². The molecule has 6 heteroatoms. The fraction of sp³-hybridized carbons (Fsp3) is 0.400. The van der Waals surface area contributed by atoms with Crippen molar-refractivity contribution in [1.29, 1.82) is 0 Å². The molecule has 1 amide bonds. The molecule has 2 rings (SSSR count). The zero-order valence-corrected chi connectivity index (χ0v) is 13.0. The van der Waals surface area contributed by atoms with Crippen LogP contribution >= 0.6 is 0 Å². The van der Waals surface area contributed by atoms with Crippen LogP contribution in [0.25, 0.3) is 17.1 Å². The van der Waals surface area contributed by atoms with Gasteiger partial charge in [0.2, 0.25) is 11.8 Å². The van der Waals surface area contributed by atoms with Crippen molar-refractivity contribution >= 4 is 23.0 Å². The zero-order valence-electron chi connectivity index (χ0n) is 13.0. The third-order valence-electron chi connectivity index (χ3n) is 2.71. The first-order chi connectivity index (χ1) is 9.78. The highest BCUT2D eigenvalue weighted by molar-refractivity contribution is 5.96. The molecule has 0 fully saturated rings. The lowest BCUT2D eigenvalue weighted by atomic mass is 10.2. The van der Waals surface area contributed by atoms with Crippen LogP contribution in [0.5, 0.6) is 5.88 Å². The van der Waals surface area contributed by atoms with E-state index in [-0.39, 0.29) is 11.5 Å². The van der Waals surface area contributed by atoms with Crippen LogP contribution in [0.1, 0.15) is 26.3 Å². The number of carbonyl (C=O) groups excluding carboxylic acids is 1. The number of aromatic nitrogens is 3. The second-order valence-electron chi connectivity index (χ2n) is 5.93. The van der Waals surface area contributed by atoms with Crippen LogP contribution in [0.2, 0.25) is 0 Å². The van der Waals surface area contributed by atoms with Gasteiger partial charge in [0.1, 0.15) is 17.6 Å². The Morgan fingerprint density at radius 1 is 1.33 bits per heavy atom. The molecule has 0 unspecified atom stereocenters. The summed E-state index contributed by atoms with van der Waals surface area (Å²) in [5.41, 5.74) is 1.14. The summed E-state index contributed by atoms with van der Waals surface area (Å²) in [6.07, 6.45) is 6.49. The normalized spacial score (nSPS) is 12.0. The number of carbonyl (C=O) groups is 1. The van der Waals surface area contributed by atoms with E-state index in [4.69, 9.17) is 4.74 Å². The Hall–Kier alpha value is -2.37. The molecule has 2 aromatic heterocycles. The number of ether oxygens (including phenoxy) is 1. The Labute approximate surface area is 123 Å². The summed E-state index contributed by atoms with van der Waals surface area (Å²) >= 11 is 0. The summed E-state index contributed by atoms with van der Waals surface area (Å²) in [5.74, 6) is 0.421. The molecule has 0 radical (unpaired) electrons. The molecule has 0 saturated carbocycles. The average Bonchev–Trinajstić information content (AvgIpc) is 2.78. The molecule has 6 nitrogen and oxygen atoms in total. The number of fused-ring (bicyclic) bond motifs is 1. The summed E-state index contributed by atoms with van der Waals surface area (Å²) in [4.78, 5) is 24.6. The average molecular weight is 288 g/mol. The number of nitrogens with zero attached hydrogens (tertiary/aromatic N) is 3. The Bertz CT molecular complexity index is 681. The number of rotatable bonds is 3. The summed E-state index contributed by atoms with van der Waals surface area (Å²) in [6.45, 7) is 5.87. The minimum atomic E-state index is -0.362. The lowest BCUT2D eigenvalue weighted by molar-refractivity contribution is -0.123. The molecule has 0 atom stereocenters. The highest BCUT2D eigenvalue weighted by Crippen LogP contribution is 2.28. The fourth-order valence-electron chi connectivity index (χ4n) is 1.77. The van der Waals surface area contributed by atoms with Crippen molar-refractivity contribution in [1.82, 2.24) is 19.9 Å². The lowest BCUT2D eigenvalue weighted by Crippen LogP contribution is -2.23. The van der Waals surface area contributed by atoms with Gasteiger partial charge in [-0.2, -0.15) is 0 Å². The first kappa shape index (κ1) is 15.0. The van der Waals surface area contributed by atoms with Gasteiger partial charge in [0, 0.05) is 31.9 Å². The van der Waals surface area contributed by atoms with Crippen molar-refractivity contribution in [3.05, 3.63) is 24.2 Å². The second-order valence-corrected chi connectivity index (χ2v) is 5.93. The van der Waals surface area contributed by atoms with Crippen molar-refractivity contribution in [2.24, 2.45) is 0 Å². The lowest BCUT2D eigenvalue weighted by Gasteiger charge is -2.20. The van der Waals surface area contributed by atoms with Gasteiger partial charge in [-0.25, -0.2) is 9.97 Å². The molecule has 112 valence electrons. The molecule has 0 aromatic carbocycles. The standard InChI is InChI=1S/C15H20N4O2/c1-15(2,3)21-14-12-10(6-7-11(20)19(4)5)8-16-13(12)17-9-18-14/h6-9H,1-5H3,(H,16,17,18)/b7-6+. The minimum absolute atomic E-state index is 0.0838. The molecule has 0 saturated heterocycles. The number of hydrogen-bond donors (Lipinski definition) is 1. The van der Waals surface area contributed by atoms with Crippen LogP contribution in [0, 0.1) is 0 Å². The van der Waals surface area contributed by atoms with Crippen molar-refractivity contribution < 1.29 is 9.53 Å². The third kappa shape index (κ3) is 3.59. The number of H-pyrrole nitrogens is 1. The van der Waals surface area contributed by atoms with Gasteiger partial charge in [-0.1, -0.05) is 0 Å². The largest absolute Gasteiger partial charge is 0.471 e. The van der Waals surface area contributed by atoms with Crippen molar-refractivity contribution in [3.8, 4) is 5.88 Å². The van der Waals surface area contributed by atoms with Gasteiger partial charge < -0.3 is 14.6 Å². The first-order valence-electron chi connectivity index (χ1n) is 6.68. The van der Waals surface area contributed by atoms with Gasteiger partial charge in [-0.3, -0.25) is 4.79 Å². The van der Waals surface area contributed by atoms with E-state index in [9.17, 15) is 4.79 Å². The summed E-state index contributed by atoms with van der Waals surface area (Å²) in [5, 5.41) is 0.773. The van der Waals surface area contributed by atoms with Gasteiger partial charge in [0.25, 0.3) is 0 Å². The van der Waals surface area contributed by atoms with Gasteiger partial charge in [-0.15, -0.1) is 0 Å². The molecular formula is C15H20N4O2. The number of likely N-dealkylation sites (N-methyl/N-ethyl adjacent to an activating group) is 1. The Morgan fingerprint density at radius 3 is 2.67 bits per heavy atom. The summed E-state index contributed by atoms with van der Waals surface area (Å²) in [7, 11) is 3.41. The zero-order chi connectivity index (χ0) is 15.6. The highest BCUT2D eigenvalue weighted by atomic mass is 16.5. The molecule has 0 aliphatic rings. The van der Waals surface area contributed by atoms with Gasteiger partial charge in [0.15, 0.2) is 0 Å². The number of nitrogens with one attached hydrogen (secondary N) is 1. The van der Waals surface area contributed by atoms with Crippen LogP contribution in [-0.2, 0) is 4.79 Å². The fourth-order valence-corrected chi connectivity index (χ4v) is 1.77. The Kier molecular flexibility index (Phi) is 3.97. The van der Waals surface area contributed by atoms with E-state index in [0.29, 0.717) is 11.5 Å². The number of aromatic amines is 1. The van der Waals surface area contributed by atoms with Crippen LogP contribution in [0.15, 0.2) is 18.6 Å². The van der Waals surface area contributed by atoms with E-state index in [0.717, 1.165) is 10.9 Å². The molecule has 0 aliphatic heterocycles. The Morgan fingerprint density at radius 2 is 2.05 bits per heavy atom. The predicted molar refractivity (Wildman–Crippen MR) is 82.0 cm³/mol. The molecule has 2 heterocycles. The number of amides is 1. The van der Waals surface area contributed by atoms with Crippen LogP contribution in [-0.4, -0.2) is 45.5 Å². The maximum absolute atomic E-state index is 11.7. The Balaban J connectivity index is 2.44. The van der Waals surface area contributed by atoms with E-state index in [1.807, 2.05) is 20.8 Å². The molecule has 1 N–H and O–H groups in total. The minimum Gasteiger partial charge on any atom is -0.471 e. The monoisotopic (exact) mass is 288 g/mol. The smallest absolute Gasteiger partial charge is 0.246 e. The van der Waals surface area contributed by atoms with Crippen molar-refractivity contribution in [3.63, 3.8) is 0 Å². The SMILES string of the molecule is CN(C)C(=O)/C=C/c1c[nH]c2ncnc(OC(C)(C)C)c12. The highest BCUT2D eigenvalue weighted by Gasteiger charge is 2.17. The molecule has 0 spiro atoms. The number of hydrogen-bond acceptors (Lipinski definition) is 4. The molecule has 21 heavy (non-hydrogen) atoms. The van der Waals surface area contributed by atoms with Gasteiger partial charge in [0.05, 0.1) is 5.39 Å². The van der Waals surface area contributed by atoms with Crippen LogP contribution in [0.3, 0.4) is 0 Å². The molecule has 0 bridgehead atoms. The predicted octanol–water partition coefficient (Wildman–Crippen LogP) is 2.24. The maximum atomic E-state index is 11.7. The maximum Gasteiger partial charge on any atom is 0.246 e. The van der Waals surface area contributed by atoms with Crippen LogP contribution < -0.4 is 4.74 Å². The van der Waals surface area contributed by atoms with Crippen molar-refractivity contribution in [2.75, 3.05) is 14.1 Å². The summed E-state index contributed by atoms with van der Waals surface area (Å²) in [6, 6.07) is 0. The first-order valence-corrected chi connectivity index (χ1v) is 6.68. The second kappa shape index (κ2) is 5.55. The molecular weight excluding hydrogens is 268 g/mol. The molecule has 0 aliphatic carbocycles. The van der Waals surface area contributed by atoms with E-state index < -0.39 is 0 Å². The summed E-state index contributed by atoms with van der Waals surface area (Å²) < 4.78 is 5.87. The van der Waals surface area contributed by atoms with Gasteiger partial charge >= 0.3 is 0 Å². The van der Waals surface area contributed by atoms with E-state index >= 15 is 0 Å². The van der Waals surface area contributed by atoms with E-state index in [1.165, 1.54) is 17.3 Å². The van der Waals surface area contributed by atoms with Gasteiger partial charge in [-0.05, 0) is 26.8 Å². The van der Waals surface area contributed by atoms with Crippen molar-refractivity contribution in [2.45, 2.75) is 26.4 Å². The van der Waals surface area contributed by atoms with E-state index in [1.54, 1.807) is 26.4 Å². The third-order valence-corrected chi connectivity index (χ3v) is 2.71. The topological polar surface area (TPSA) is 71.1 Å².